The van der Waals surface area contributed by atoms with Crippen LogP contribution in [0.15, 0.2) is 77.3 Å². The molecule has 150 valence electrons. The second-order valence-corrected chi connectivity index (χ2v) is 10.00. The van der Waals surface area contributed by atoms with Gasteiger partial charge in [0.05, 0.1) is 16.0 Å². The number of thioether (sulfide) groups is 1. The van der Waals surface area contributed by atoms with Crippen LogP contribution in [0, 0.1) is 0 Å². The van der Waals surface area contributed by atoms with Crippen LogP contribution in [-0.2, 0) is 25.1 Å². The summed E-state index contributed by atoms with van der Waals surface area (Å²) < 4.78 is 3.52. The lowest BCUT2D eigenvalue weighted by Gasteiger charge is -2.10. The molecule has 0 saturated heterocycles. The quantitative estimate of drug-likeness (QED) is 0.270. The van der Waals surface area contributed by atoms with Crippen molar-refractivity contribution in [3.8, 4) is 0 Å². The summed E-state index contributed by atoms with van der Waals surface area (Å²) in [5.74, 6) is 1.84. The van der Waals surface area contributed by atoms with Gasteiger partial charge in [-0.1, -0.05) is 60.3 Å². The highest BCUT2D eigenvalue weighted by atomic mass is 32.2. The van der Waals surface area contributed by atoms with Crippen LogP contribution in [-0.4, -0.2) is 19.7 Å². The van der Waals surface area contributed by atoms with E-state index in [1.807, 2.05) is 6.07 Å². The molecule has 0 bridgehead atoms. The molecule has 0 aliphatic heterocycles. The Bertz CT molecular complexity index is 1190. The minimum absolute atomic E-state index is 0.807. The minimum atomic E-state index is 0.807. The Balaban J connectivity index is 1.36. The largest absolute Gasteiger partial charge is 0.305 e. The van der Waals surface area contributed by atoms with Gasteiger partial charge < -0.3 is 4.57 Å². The first-order chi connectivity index (χ1) is 14.8. The van der Waals surface area contributed by atoms with E-state index in [1.165, 1.54) is 15.1 Å². The van der Waals surface area contributed by atoms with E-state index in [4.69, 9.17) is 4.98 Å². The molecule has 3 aromatic heterocycles. The van der Waals surface area contributed by atoms with Gasteiger partial charge in [0.15, 0.2) is 5.16 Å². The molecule has 0 amide bonds. The third kappa shape index (κ3) is 4.48. The first kappa shape index (κ1) is 19.5. The Labute approximate surface area is 187 Å². The smallest absolute Gasteiger partial charge is 0.191 e. The van der Waals surface area contributed by atoms with E-state index in [2.05, 4.69) is 80.8 Å². The third-order valence-electron chi connectivity index (χ3n) is 4.84. The van der Waals surface area contributed by atoms with Crippen molar-refractivity contribution in [1.29, 1.82) is 0 Å². The number of aromatic nitrogens is 4. The highest BCUT2D eigenvalue weighted by Gasteiger charge is 2.15. The van der Waals surface area contributed by atoms with Gasteiger partial charge in [-0.3, -0.25) is 0 Å². The molecule has 0 unspecified atom stereocenters. The average molecular weight is 449 g/mol. The molecule has 0 atom stereocenters. The maximum Gasteiger partial charge on any atom is 0.191 e. The molecular formula is C23H20N4S3. The van der Waals surface area contributed by atoms with Gasteiger partial charge in [0.2, 0.25) is 0 Å². The minimum Gasteiger partial charge on any atom is -0.305 e. The number of thiophene rings is 1. The molecule has 0 aliphatic rings. The van der Waals surface area contributed by atoms with Crippen molar-refractivity contribution in [3.63, 3.8) is 0 Å². The fraction of sp³-hybridized carbons (Fsp3) is 0.174. The number of thiazole rings is 1. The second kappa shape index (κ2) is 9.12. The number of hydrogen-bond donors (Lipinski definition) is 0. The number of fused-ring (bicyclic) bond motifs is 1. The lowest BCUT2D eigenvalue weighted by atomic mass is 10.1. The fourth-order valence-corrected chi connectivity index (χ4v) is 5.99. The Morgan fingerprint density at radius 3 is 2.60 bits per heavy atom. The van der Waals surface area contributed by atoms with Gasteiger partial charge in [-0.25, -0.2) is 4.98 Å². The van der Waals surface area contributed by atoms with Crippen LogP contribution in [0.2, 0.25) is 0 Å². The van der Waals surface area contributed by atoms with E-state index >= 15 is 0 Å². The zero-order valence-electron chi connectivity index (χ0n) is 16.3. The molecule has 0 spiro atoms. The fourth-order valence-electron chi connectivity index (χ4n) is 3.34. The summed E-state index contributed by atoms with van der Waals surface area (Å²) >= 11 is 5.25. The number of nitrogens with zero attached hydrogens (tertiary/aromatic N) is 4. The molecule has 0 fully saturated rings. The Kier molecular flexibility index (Phi) is 5.92. The van der Waals surface area contributed by atoms with Crippen molar-refractivity contribution in [1.82, 2.24) is 19.7 Å². The summed E-state index contributed by atoms with van der Waals surface area (Å²) in [6.45, 7) is 0.875. The van der Waals surface area contributed by atoms with Crippen molar-refractivity contribution < 1.29 is 0 Å². The first-order valence-corrected chi connectivity index (χ1v) is 12.5. The first-order valence-electron chi connectivity index (χ1n) is 9.81. The summed E-state index contributed by atoms with van der Waals surface area (Å²) in [6.07, 6.45) is 1.78. The van der Waals surface area contributed by atoms with E-state index in [1.54, 1.807) is 34.4 Å². The highest BCUT2D eigenvalue weighted by Crippen LogP contribution is 2.28. The number of hydrogen-bond acceptors (Lipinski definition) is 6. The van der Waals surface area contributed by atoms with E-state index < -0.39 is 0 Å². The lowest BCUT2D eigenvalue weighted by Crippen LogP contribution is -2.08. The third-order valence-corrected chi connectivity index (χ3v) is 7.91. The number of aryl methyl sites for hydroxylation is 1. The van der Waals surface area contributed by atoms with Gasteiger partial charge in [-0.05, 0) is 35.6 Å². The summed E-state index contributed by atoms with van der Waals surface area (Å²) in [4.78, 5) is 6.07. The van der Waals surface area contributed by atoms with Crippen LogP contribution in [0.3, 0.4) is 0 Å². The number of para-hydroxylation sites is 1. The van der Waals surface area contributed by atoms with Gasteiger partial charge in [0, 0.05) is 17.8 Å². The molecule has 7 heteroatoms. The molecule has 0 aliphatic carbocycles. The van der Waals surface area contributed by atoms with Gasteiger partial charge in [-0.2, -0.15) is 0 Å². The van der Waals surface area contributed by atoms with Crippen molar-refractivity contribution in [2.75, 3.05) is 0 Å². The molecule has 0 saturated carbocycles. The lowest BCUT2D eigenvalue weighted by molar-refractivity contribution is 0.610. The molecule has 0 radical (unpaired) electrons. The van der Waals surface area contributed by atoms with Crippen LogP contribution in [0.5, 0.6) is 0 Å². The van der Waals surface area contributed by atoms with E-state index in [0.717, 1.165) is 46.6 Å². The van der Waals surface area contributed by atoms with Crippen molar-refractivity contribution in [3.05, 3.63) is 93.4 Å². The SMILES string of the molecule is c1ccc(CCn2c(Cc3cccs3)nnc2SCc2nc3ccccc3s2)cc1. The molecule has 0 N–H and O–H groups in total. The molecule has 30 heavy (non-hydrogen) atoms. The van der Waals surface area contributed by atoms with Crippen LogP contribution in [0.4, 0.5) is 0 Å². The van der Waals surface area contributed by atoms with Gasteiger partial charge in [0.25, 0.3) is 0 Å². The van der Waals surface area contributed by atoms with Crippen LogP contribution in [0.25, 0.3) is 10.2 Å². The topological polar surface area (TPSA) is 43.6 Å². The second-order valence-electron chi connectivity index (χ2n) is 6.91. The van der Waals surface area contributed by atoms with E-state index in [-0.39, 0.29) is 0 Å². The summed E-state index contributed by atoms with van der Waals surface area (Å²) in [5, 5.41) is 13.3. The van der Waals surface area contributed by atoms with Gasteiger partial charge in [-0.15, -0.1) is 32.9 Å². The molecule has 4 nitrogen and oxygen atoms in total. The van der Waals surface area contributed by atoms with Crippen molar-refractivity contribution in [2.45, 2.75) is 30.3 Å². The van der Waals surface area contributed by atoms with Crippen LogP contribution < -0.4 is 0 Å². The predicted molar refractivity (Wildman–Crippen MR) is 126 cm³/mol. The van der Waals surface area contributed by atoms with Crippen LogP contribution >= 0.6 is 34.4 Å². The molecule has 5 rings (SSSR count). The maximum absolute atomic E-state index is 4.76. The number of benzene rings is 2. The van der Waals surface area contributed by atoms with E-state index in [0.29, 0.717) is 0 Å². The molecule has 5 aromatic rings. The zero-order chi connectivity index (χ0) is 20.2. The molecule has 3 heterocycles. The zero-order valence-corrected chi connectivity index (χ0v) is 18.7. The molecular weight excluding hydrogens is 428 g/mol. The van der Waals surface area contributed by atoms with Crippen LogP contribution in [0.1, 0.15) is 21.3 Å². The standard InChI is InChI=1S/C23H20N4S3/c1-2-7-17(8-3-1)12-13-27-21(15-18-9-6-14-28-18)25-26-23(27)29-16-22-24-19-10-4-5-11-20(19)30-22/h1-11,14H,12-13,15-16H2. The Morgan fingerprint density at radius 2 is 1.77 bits per heavy atom. The van der Waals surface area contributed by atoms with Gasteiger partial charge in [0.1, 0.15) is 10.8 Å². The van der Waals surface area contributed by atoms with E-state index in [9.17, 15) is 0 Å². The monoisotopic (exact) mass is 448 g/mol. The summed E-state index contributed by atoms with van der Waals surface area (Å²) in [6, 6.07) is 23.2. The summed E-state index contributed by atoms with van der Waals surface area (Å²) in [5.41, 5.74) is 2.40. The Hall–Kier alpha value is -2.48. The summed E-state index contributed by atoms with van der Waals surface area (Å²) in [7, 11) is 0. The number of rotatable bonds is 8. The highest BCUT2D eigenvalue weighted by molar-refractivity contribution is 7.98. The maximum atomic E-state index is 4.76. The van der Waals surface area contributed by atoms with Crippen molar-refractivity contribution in [2.24, 2.45) is 0 Å². The van der Waals surface area contributed by atoms with Gasteiger partial charge >= 0.3 is 0 Å². The predicted octanol–water partition coefficient (Wildman–Crippen LogP) is 6.08. The average Bonchev–Trinajstić information content (AvgIpc) is 3.52. The normalized spacial score (nSPS) is 11.3. The molecule has 2 aromatic carbocycles. The Morgan fingerprint density at radius 1 is 0.900 bits per heavy atom. The van der Waals surface area contributed by atoms with Crippen molar-refractivity contribution >= 4 is 44.7 Å².